The van der Waals surface area contributed by atoms with Crippen LogP contribution in [0.2, 0.25) is 0 Å². The quantitative estimate of drug-likeness (QED) is 0.805. The summed E-state index contributed by atoms with van der Waals surface area (Å²) >= 11 is 0. The summed E-state index contributed by atoms with van der Waals surface area (Å²) in [4.78, 5) is 0. The third-order valence-corrected chi connectivity index (χ3v) is 3.06. The molecule has 0 amide bonds. The van der Waals surface area contributed by atoms with Gasteiger partial charge in [-0.15, -0.1) is 0 Å². The fourth-order valence-electron chi connectivity index (χ4n) is 2.10. The van der Waals surface area contributed by atoms with Gasteiger partial charge in [0.1, 0.15) is 0 Å². The van der Waals surface area contributed by atoms with E-state index in [2.05, 4.69) is 31.2 Å². The third kappa shape index (κ3) is 2.58. The molecule has 1 aromatic rings. The molecular weight excluding hydrogens is 186 g/mol. The number of hydrogen-bond donors (Lipinski definition) is 1. The van der Waals surface area contributed by atoms with E-state index in [1.54, 1.807) is 0 Å². The number of rotatable bonds is 2. The van der Waals surface area contributed by atoms with E-state index in [0.717, 1.165) is 12.8 Å². The second-order valence-corrected chi connectivity index (χ2v) is 4.32. The average Bonchev–Trinajstić information content (AvgIpc) is 2.30. The maximum atomic E-state index is 5.94. The summed E-state index contributed by atoms with van der Waals surface area (Å²) in [6.07, 6.45) is 3.97. The normalized spacial score (nSPS) is 26.5. The van der Waals surface area contributed by atoms with Crippen LogP contribution in [0.3, 0.4) is 0 Å². The lowest BCUT2D eigenvalue weighted by molar-refractivity contribution is -0.0461. The van der Waals surface area contributed by atoms with Crippen molar-refractivity contribution in [2.75, 3.05) is 6.54 Å². The Morgan fingerprint density at radius 2 is 2.00 bits per heavy atom. The van der Waals surface area contributed by atoms with E-state index in [4.69, 9.17) is 10.5 Å². The van der Waals surface area contributed by atoms with Gasteiger partial charge in [0.15, 0.2) is 0 Å². The third-order valence-electron chi connectivity index (χ3n) is 3.06. The van der Waals surface area contributed by atoms with Gasteiger partial charge in [-0.25, -0.2) is 0 Å². The molecule has 15 heavy (non-hydrogen) atoms. The van der Waals surface area contributed by atoms with Crippen molar-refractivity contribution in [3.8, 4) is 0 Å². The molecule has 2 heteroatoms. The van der Waals surface area contributed by atoms with E-state index < -0.39 is 0 Å². The van der Waals surface area contributed by atoms with Crippen LogP contribution in [-0.2, 0) is 4.74 Å². The van der Waals surface area contributed by atoms with Crippen molar-refractivity contribution >= 4 is 0 Å². The largest absolute Gasteiger partial charge is 0.369 e. The molecule has 82 valence electrons. The van der Waals surface area contributed by atoms with E-state index in [-0.39, 0.29) is 12.2 Å². The first-order chi connectivity index (χ1) is 7.29. The van der Waals surface area contributed by atoms with Crippen LogP contribution in [0.15, 0.2) is 24.3 Å². The minimum absolute atomic E-state index is 0.255. The van der Waals surface area contributed by atoms with Gasteiger partial charge in [-0.1, -0.05) is 29.8 Å². The molecule has 0 bridgehead atoms. The molecule has 1 saturated heterocycles. The van der Waals surface area contributed by atoms with Crippen molar-refractivity contribution in [2.45, 2.75) is 38.4 Å². The molecule has 0 saturated carbocycles. The van der Waals surface area contributed by atoms with Crippen LogP contribution in [-0.4, -0.2) is 12.6 Å². The molecular formula is C13H19NO. The zero-order valence-corrected chi connectivity index (χ0v) is 9.28. The van der Waals surface area contributed by atoms with E-state index in [1.165, 1.54) is 17.5 Å². The van der Waals surface area contributed by atoms with Gasteiger partial charge in [-0.2, -0.15) is 0 Å². The van der Waals surface area contributed by atoms with Crippen LogP contribution in [0.5, 0.6) is 0 Å². The topological polar surface area (TPSA) is 35.2 Å². The first-order valence-corrected chi connectivity index (χ1v) is 5.71. The number of ether oxygens (including phenoxy) is 1. The molecule has 2 nitrogen and oxygen atoms in total. The highest BCUT2D eigenvalue weighted by atomic mass is 16.5. The lowest BCUT2D eigenvalue weighted by atomic mass is 9.98. The van der Waals surface area contributed by atoms with Crippen LogP contribution in [0, 0.1) is 6.92 Å². The van der Waals surface area contributed by atoms with Gasteiger partial charge in [0, 0.05) is 6.54 Å². The molecule has 2 rings (SSSR count). The van der Waals surface area contributed by atoms with Gasteiger partial charge in [0.05, 0.1) is 12.2 Å². The Balaban J connectivity index is 2.06. The molecule has 2 N–H and O–H groups in total. The van der Waals surface area contributed by atoms with Crippen LogP contribution in [0.1, 0.15) is 36.5 Å². The molecule has 1 heterocycles. The SMILES string of the molecule is Cc1ccc(C2CCC[C@H](CN)O2)cc1. The summed E-state index contributed by atoms with van der Waals surface area (Å²) in [7, 11) is 0. The molecule has 1 fully saturated rings. The maximum absolute atomic E-state index is 5.94. The number of hydrogen-bond acceptors (Lipinski definition) is 2. The highest BCUT2D eigenvalue weighted by Gasteiger charge is 2.22. The maximum Gasteiger partial charge on any atom is 0.0829 e. The van der Waals surface area contributed by atoms with Crippen molar-refractivity contribution in [1.29, 1.82) is 0 Å². The second-order valence-electron chi connectivity index (χ2n) is 4.32. The van der Waals surface area contributed by atoms with Crippen molar-refractivity contribution in [1.82, 2.24) is 0 Å². The van der Waals surface area contributed by atoms with E-state index >= 15 is 0 Å². The van der Waals surface area contributed by atoms with Gasteiger partial charge < -0.3 is 10.5 Å². The predicted molar refractivity (Wildman–Crippen MR) is 61.7 cm³/mol. The second kappa shape index (κ2) is 4.77. The molecule has 0 aliphatic carbocycles. The van der Waals surface area contributed by atoms with Crippen LogP contribution >= 0.6 is 0 Å². The molecule has 0 aromatic heterocycles. The smallest absolute Gasteiger partial charge is 0.0829 e. The monoisotopic (exact) mass is 205 g/mol. The van der Waals surface area contributed by atoms with Gasteiger partial charge in [0.25, 0.3) is 0 Å². The lowest BCUT2D eigenvalue weighted by Gasteiger charge is -2.29. The Bertz CT molecular complexity index is 307. The average molecular weight is 205 g/mol. The fraction of sp³-hybridized carbons (Fsp3) is 0.538. The van der Waals surface area contributed by atoms with Crippen molar-refractivity contribution < 1.29 is 4.74 Å². The summed E-state index contributed by atoms with van der Waals surface area (Å²) in [5.41, 5.74) is 8.23. The zero-order chi connectivity index (χ0) is 10.7. The fourth-order valence-corrected chi connectivity index (χ4v) is 2.10. The van der Waals surface area contributed by atoms with E-state index in [9.17, 15) is 0 Å². The van der Waals surface area contributed by atoms with Crippen molar-refractivity contribution in [2.24, 2.45) is 5.73 Å². The Morgan fingerprint density at radius 3 is 2.67 bits per heavy atom. The minimum atomic E-state index is 0.255. The number of nitrogens with two attached hydrogens (primary N) is 1. The lowest BCUT2D eigenvalue weighted by Crippen LogP contribution is -2.29. The van der Waals surface area contributed by atoms with Crippen LogP contribution < -0.4 is 5.73 Å². The summed E-state index contributed by atoms with van der Waals surface area (Å²) in [6.45, 7) is 2.75. The first-order valence-electron chi connectivity index (χ1n) is 5.71. The summed E-state index contributed by atoms with van der Waals surface area (Å²) < 4.78 is 5.94. The van der Waals surface area contributed by atoms with Crippen molar-refractivity contribution in [3.63, 3.8) is 0 Å². The molecule has 1 aliphatic heterocycles. The number of aryl methyl sites for hydroxylation is 1. The summed E-state index contributed by atoms with van der Waals surface area (Å²) in [5, 5.41) is 0. The summed E-state index contributed by atoms with van der Waals surface area (Å²) in [5.74, 6) is 0. The Morgan fingerprint density at radius 1 is 1.27 bits per heavy atom. The Hall–Kier alpha value is -0.860. The van der Waals surface area contributed by atoms with E-state index in [0.29, 0.717) is 6.54 Å². The predicted octanol–water partition coefficient (Wildman–Crippen LogP) is 2.56. The summed E-state index contributed by atoms with van der Waals surface area (Å²) in [6, 6.07) is 8.62. The van der Waals surface area contributed by atoms with Gasteiger partial charge in [0.2, 0.25) is 0 Å². The van der Waals surface area contributed by atoms with E-state index in [1.807, 2.05) is 0 Å². The van der Waals surface area contributed by atoms with Crippen molar-refractivity contribution in [3.05, 3.63) is 35.4 Å². The molecule has 1 aliphatic rings. The van der Waals surface area contributed by atoms with Crippen LogP contribution in [0.25, 0.3) is 0 Å². The zero-order valence-electron chi connectivity index (χ0n) is 9.28. The molecule has 0 spiro atoms. The molecule has 1 unspecified atom stereocenters. The van der Waals surface area contributed by atoms with Gasteiger partial charge in [-0.3, -0.25) is 0 Å². The van der Waals surface area contributed by atoms with Gasteiger partial charge >= 0.3 is 0 Å². The highest BCUT2D eigenvalue weighted by Crippen LogP contribution is 2.30. The first kappa shape index (κ1) is 10.7. The molecule has 1 aromatic carbocycles. The standard InChI is InChI=1S/C13H19NO/c1-10-5-7-11(8-6-10)13-4-2-3-12(9-14)15-13/h5-8,12-13H,2-4,9,14H2,1H3/t12-,13?/m1/s1. The molecule has 2 atom stereocenters. The Kier molecular flexibility index (Phi) is 3.39. The highest BCUT2D eigenvalue weighted by molar-refractivity contribution is 5.23. The van der Waals surface area contributed by atoms with Gasteiger partial charge in [-0.05, 0) is 31.7 Å². The minimum Gasteiger partial charge on any atom is -0.369 e. The number of benzene rings is 1. The molecule has 0 radical (unpaired) electrons. The van der Waals surface area contributed by atoms with Crippen LogP contribution in [0.4, 0.5) is 0 Å². The Labute approximate surface area is 91.4 Å².